The molecule has 0 unspecified atom stereocenters. The quantitative estimate of drug-likeness (QED) is 0.533. The summed E-state index contributed by atoms with van der Waals surface area (Å²) in [7, 11) is -0.245. The number of ether oxygens (including phenoxy) is 1. The van der Waals surface area contributed by atoms with Crippen LogP contribution in [-0.4, -0.2) is 27.1 Å². The summed E-state index contributed by atoms with van der Waals surface area (Å²) in [5.41, 5.74) is 0.278. The van der Waals surface area contributed by atoms with Crippen LogP contribution in [0, 0.1) is 0 Å². The van der Waals surface area contributed by atoms with Crippen molar-refractivity contribution < 1.29 is 4.74 Å². The molecule has 0 atom stereocenters. The second kappa shape index (κ2) is 4.39. The van der Waals surface area contributed by atoms with Crippen molar-refractivity contribution in [3.63, 3.8) is 0 Å². The van der Waals surface area contributed by atoms with E-state index in [0.29, 0.717) is 0 Å². The molecule has 0 amide bonds. The van der Waals surface area contributed by atoms with E-state index in [-0.39, 0.29) is 20.8 Å². The molecule has 0 fully saturated rings. The first-order valence-electron chi connectivity index (χ1n) is 4.60. The van der Waals surface area contributed by atoms with Gasteiger partial charge in [0.05, 0.1) is 5.60 Å². The Morgan fingerprint density at radius 3 is 1.92 bits per heavy atom. The molecule has 0 spiro atoms. The topological polar surface area (TPSA) is 21.3 Å². The minimum Gasteiger partial charge on any atom is -0.378 e. The van der Waals surface area contributed by atoms with Crippen LogP contribution >= 0.6 is 0 Å². The summed E-state index contributed by atoms with van der Waals surface area (Å²) in [5, 5.41) is 0. The van der Waals surface area contributed by atoms with Crippen molar-refractivity contribution in [1.82, 2.24) is 4.98 Å². The van der Waals surface area contributed by atoms with Gasteiger partial charge in [-0.15, -0.1) is 0 Å². The lowest BCUT2D eigenvalue weighted by Gasteiger charge is -2.23. The van der Waals surface area contributed by atoms with Crippen LogP contribution in [-0.2, 0) is 4.74 Å². The molecule has 0 aliphatic carbocycles. The molecule has 12 heavy (non-hydrogen) atoms. The molecule has 0 rings (SSSR count). The van der Waals surface area contributed by atoms with Crippen LogP contribution in [0.1, 0.15) is 41.5 Å². The molecule has 0 aromatic carbocycles. The molecular formula is C9H23NOSi. The number of rotatable bonds is 3. The van der Waals surface area contributed by atoms with Crippen molar-refractivity contribution in [1.29, 1.82) is 0 Å². The monoisotopic (exact) mass is 189 g/mol. The molecule has 3 heteroatoms. The molecule has 0 saturated heterocycles. The van der Waals surface area contributed by atoms with Gasteiger partial charge in [0, 0.05) is 11.8 Å². The van der Waals surface area contributed by atoms with E-state index < -0.39 is 0 Å². The van der Waals surface area contributed by atoms with Crippen molar-refractivity contribution >= 4 is 9.68 Å². The summed E-state index contributed by atoms with van der Waals surface area (Å²) in [6.45, 7) is 12.9. The third kappa shape index (κ3) is 10.1. The smallest absolute Gasteiger partial charge is 0.121 e. The molecule has 1 N–H and O–H groups in total. The summed E-state index contributed by atoms with van der Waals surface area (Å²) in [6, 6.07) is 0. The fourth-order valence-corrected chi connectivity index (χ4v) is 2.35. The Labute approximate surface area is 79.0 Å². The third-order valence-corrected chi connectivity index (χ3v) is 3.01. The van der Waals surface area contributed by atoms with Crippen molar-refractivity contribution in [2.45, 2.75) is 52.7 Å². The van der Waals surface area contributed by atoms with E-state index in [1.165, 1.54) is 0 Å². The molecular weight excluding hydrogens is 166 g/mol. The van der Waals surface area contributed by atoms with Crippen LogP contribution in [0.4, 0.5) is 0 Å². The second-order valence-corrected chi connectivity index (χ2v) is 6.40. The molecule has 0 aliphatic heterocycles. The molecule has 0 heterocycles. The van der Waals surface area contributed by atoms with Gasteiger partial charge in [-0.05, 0) is 41.5 Å². The van der Waals surface area contributed by atoms with E-state index in [1.54, 1.807) is 0 Å². The third-order valence-electron chi connectivity index (χ3n) is 1.29. The van der Waals surface area contributed by atoms with E-state index >= 15 is 0 Å². The molecule has 0 aromatic heterocycles. The highest BCUT2D eigenvalue weighted by molar-refractivity contribution is 6.32. The van der Waals surface area contributed by atoms with Gasteiger partial charge in [-0.25, -0.2) is 0 Å². The zero-order valence-corrected chi connectivity index (χ0v) is 10.7. The first-order chi connectivity index (χ1) is 5.21. The Morgan fingerprint density at radius 2 is 1.58 bits per heavy atom. The van der Waals surface area contributed by atoms with Gasteiger partial charge in [0.25, 0.3) is 0 Å². The van der Waals surface area contributed by atoms with Gasteiger partial charge in [-0.3, -0.25) is 0 Å². The van der Waals surface area contributed by atoms with Crippen LogP contribution in [0.5, 0.6) is 0 Å². The average molecular weight is 189 g/mol. The van der Waals surface area contributed by atoms with E-state index in [0.717, 1.165) is 6.23 Å². The van der Waals surface area contributed by atoms with E-state index in [4.69, 9.17) is 4.74 Å². The lowest BCUT2D eigenvalue weighted by molar-refractivity contribution is 0.0239. The van der Waals surface area contributed by atoms with Crippen molar-refractivity contribution in [2.24, 2.45) is 0 Å². The zero-order valence-electron chi connectivity index (χ0n) is 9.32. The van der Waals surface area contributed by atoms with E-state index in [1.807, 2.05) is 0 Å². The van der Waals surface area contributed by atoms with Gasteiger partial charge >= 0.3 is 0 Å². The zero-order chi connectivity index (χ0) is 9.83. The van der Waals surface area contributed by atoms with E-state index in [9.17, 15) is 0 Å². The molecule has 0 radical (unpaired) electrons. The predicted molar refractivity (Wildman–Crippen MR) is 57.1 cm³/mol. The standard InChI is InChI=1S/C9H23NOSi/c1-8(2,3)10-12-7-11-9(4,5)6/h10H,7,12H2,1-6H3. The van der Waals surface area contributed by atoms with Crippen molar-refractivity contribution in [3.05, 3.63) is 0 Å². The highest BCUT2D eigenvalue weighted by Crippen LogP contribution is 2.05. The SMILES string of the molecule is CC(C)(C)N[SiH2]COC(C)(C)C. The molecule has 0 saturated carbocycles. The highest BCUT2D eigenvalue weighted by atomic mass is 28.2. The maximum absolute atomic E-state index is 5.62. The summed E-state index contributed by atoms with van der Waals surface area (Å²) >= 11 is 0. The van der Waals surface area contributed by atoms with Crippen LogP contribution in [0.2, 0.25) is 0 Å². The molecule has 74 valence electrons. The van der Waals surface area contributed by atoms with Crippen LogP contribution in [0.3, 0.4) is 0 Å². The first-order valence-corrected chi connectivity index (χ1v) is 6.30. The number of hydrogen-bond acceptors (Lipinski definition) is 2. The van der Waals surface area contributed by atoms with Gasteiger partial charge < -0.3 is 9.72 Å². The Bertz CT molecular complexity index is 107. The summed E-state index contributed by atoms with van der Waals surface area (Å²) in [6.07, 6.45) is 0.917. The van der Waals surface area contributed by atoms with Gasteiger partial charge in [0.1, 0.15) is 9.68 Å². The van der Waals surface area contributed by atoms with Crippen molar-refractivity contribution in [2.75, 3.05) is 6.23 Å². The highest BCUT2D eigenvalue weighted by Gasteiger charge is 2.11. The van der Waals surface area contributed by atoms with Crippen LogP contribution in [0.25, 0.3) is 0 Å². The summed E-state index contributed by atoms with van der Waals surface area (Å²) in [4.78, 5) is 3.51. The molecule has 0 aliphatic rings. The summed E-state index contributed by atoms with van der Waals surface area (Å²) < 4.78 is 5.62. The summed E-state index contributed by atoms with van der Waals surface area (Å²) in [5.74, 6) is 0. The van der Waals surface area contributed by atoms with Gasteiger partial charge in [-0.1, -0.05) is 0 Å². The fraction of sp³-hybridized carbons (Fsp3) is 1.00. The van der Waals surface area contributed by atoms with E-state index in [2.05, 4.69) is 46.5 Å². The average Bonchev–Trinajstić information content (AvgIpc) is 1.76. The Balaban J connectivity index is 3.35. The van der Waals surface area contributed by atoms with Crippen molar-refractivity contribution in [3.8, 4) is 0 Å². The lowest BCUT2D eigenvalue weighted by atomic mass is 10.1. The molecule has 0 aromatic rings. The Hall–Kier alpha value is 0.137. The lowest BCUT2D eigenvalue weighted by Crippen LogP contribution is -2.41. The maximum Gasteiger partial charge on any atom is 0.121 e. The van der Waals surface area contributed by atoms with Gasteiger partial charge in [-0.2, -0.15) is 0 Å². The fourth-order valence-electron chi connectivity index (χ4n) is 0.783. The second-order valence-electron chi connectivity index (χ2n) is 5.14. The largest absolute Gasteiger partial charge is 0.378 e. The molecule has 0 bridgehead atoms. The molecule has 2 nitrogen and oxygen atoms in total. The first kappa shape index (κ1) is 12.1. The minimum atomic E-state index is -0.245. The Kier molecular flexibility index (Phi) is 4.44. The van der Waals surface area contributed by atoms with Crippen LogP contribution in [0.15, 0.2) is 0 Å². The normalized spacial score (nSPS) is 14.5. The maximum atomic E-state index is 5.62. The van der Waals surface area contributed by atoms with Gasteiger partial charge in [0.15, 0.2) is 0 Å². The Morgan fingerprint density at radius 1 is 1.08 bits per heavy atom. The predicted octanol–water partition coefficient (Wildman–Crippen LogP) is 1.23. The van der Waals surface area contributed by atoms with Gasteiger partial charge in [0.2, 0.25) is 0 Å². The minimum absolute atomic E-state index is 0.0204. The number of hydrogen-bond donors (Lipinski definition) is 1. The number of nitrogens with one attached hydrogen (secondary N) is 1. The van der Waals surface area contributed by atoms with Crippen LogP contribution < -0.4 is 4.98 Å².